The first-order valence-corrected chi connectivity index (χ1v) is 12.1. The molecule has 0 N–H and O–H groups in total. The lowest BCUT2D eigenvalue weighted by atomic mass is 9.97. The van der Waals surface area contributed by atoms with E-state index in [1.165, 1.54) is 28.7 Å². The van der Waals surface area contributed by atoms with E-state index < -0.39 is 0 Å². The average molecular weight is 442 g/mol. The van der Waals surface area contributed by atoms with Gasteiger partial charge in [-0.05, 0) is 63.3 Å². The Hall–Kier alpha value is -2.26. The summed E-state index contributed by atoms with van der Waals surface area (Å²) < 4.78 is 5.61. The van der Waals surface area contributed by atoms with E-state index in [1.807, 2.05) is 19.0 Å². The predicted octanol–water partition coefficient (Wildman–Crippen LogP) is 3.74. The Morgan fingerprint density at radius 1 is 1.06 bits per heavy atom. The number of thiophene rings is 1. The number of piperidine rings is 1. The second kappa shape index (κ2) is 8.35. The number of anilines is 2. The quantitative estimate of drug-likeness (QED) is 0.593. The lowest BCUT2D eigenvalue weighted by Crippen LogP contribution is -2.35. The van der Waals surface area contributed by atoms with Crippen LogP contribution in [0, 0.1) is 13.8 Å². The van der Waals surface area contributed by atoms with Crippen LogP contribution in [0.3, 0.4) is 0 Å². The number of hydrogen-bond acceptors (Lipinski definition) is 9. The zero-order valence-electron chi connectivity index (χ0n) is 18.9. The van der Waals surface area contributed by atoms with Crippen molar-refractivity contribution in [3.05, 3.63) is 22.2 Å². The minimum atomic E-state index is 0.224. The minimum Gasteiger partial charge on any atom is -0.355 e. The van der Waals surface area contributed by atoms with E-state index in [0.29, 0.717) is 5.95 Å². The molecule has 3 aromatic heterocycles. The fourth-order valence-electron chi connectivity index (χ4n) is 4.66. The molecule has 9 heteroatoms. The monoisotopic (exact) mass is 441 g/mol. The van der Waals surface area contributed by atoms with E-state index in [1.54, 1.807) is 11.3 Å². The Kier molecular flexibility index (Phi) is 5.56. The molecule has 0 aromatic carbocycles. The van der Waals surface area contributed by atoms with Crippen molar-refractivity contribution in [3.63, 3.8) is 0 Å². The molecule has 3 aromatic rings. The molecule has 31 heavy (non-hydrogen) atoms. The summed E-state index contributed by atoms with van der Waals surface area (Å²) in [6.07, 6.45) is 4.69. The zero-order valence-corrected chi connectivity index (χ0v) is 19.7. The third kappa shape index (κ3) is 4.01. The van der Waals surface area contributed by atoms with Gasteiger partial charge >= 0.3 is 0 Å². The summed E-state index contributed by atoms with van der Waals surface area (Å²) in [5, 5.41) is 5.33. The van der Waals surface area contributed by atoms with E-state index in [0.717, 1.165) is 67.9 Å². The second-order valence-electron chi connectivity index (χ2n) is 9.02. The van der Waals surface area contributed by atoms with Crippen LogP contribution < -0.4 is 9.80 Å². The normalized spacial score (nSPS) is 20.1. The summed E-state index contributed by atoms with van der Waals surface area (Å²) in [5.41, 5.74) is 1.30. The van der Waals surface area contributed by atoms with Gasteiger partial charge in [0, 0.05) is 32.1 Å². The number of aromatic nitrogens is 4. The lowest BCUT2D eigenvalue weighted by molar-refractivity contribution is 0.322. The maximum atomic E-state index is 5.61. The van der Waals surface area contributed by atoms with Crippen LogP contribution in [-0.2, 0) is 6.54 Å². The highest BCUT2D eigenvalue weighted by Gasteiger charge is 2.29. The molecule has 166 valence electrons. The molecule has 0 aliphatic carbocycles. The fraction of sp³-hybridized carbons (Fsp3) is 0.636. The van der Waals surface area contributed by atoms with E-state index >= 15 is 0 Å². The van der Waals surface area contributed by atoms with Crippen LogP contribution in [0.15, 0.2) is 4.52 Å². The van der Waals surface area contributed by atoms with Crippen LogP contribution in [0.5, 0.6) is 0 Å². The summed E-state index contributed by atoms with van der Waals surface area (Å²) in [6, 6.07) is 0. The largest absolute Gasteiger partial charge is 0.355 e. The first-order valence-electron chi connectivity index (χ1n) is 11.2. The second-order valence-corrected chi connectivity index (χ2v) is 10.2. The number of rotatable bonds is 5. The van der Waals surface area contributed by atoms with Crippen LogP contribution in [0.1, 0.15) is 53.8 Å². The number of aryl methyl sites for hydroxylation is 2. The standard InChI is InChI=1S/C22H31N7OS/c1-14-15(2)31-21-18(14)19(23-17(24-21)13-28-9-5-6-10-28)29-11-7-8-16(12-29)20-25-22(26-30-20)27(3)4/h16H,5-13H2,1-4H3. The van der Waals surface area contributed by atoms with Gasteiger partial charge in [0.1, 0.15) is 16.5 Å². The summed E-state index contributed by atoms with van der Waals surface area (Å²) in [6.45, 7) is 9.36. The molecule has 0 bridgehead atoms. The van der Waals surface area contributed by atoms with Crippen molar-refractivity contribution in [1.29, 1.82) is 0 Å². The molecular formula is C22H31N7OS. The lowest BCUT2D eigenvalue weighted by Gasteiger charge is -2.32. The summed E-state index contributed by atoms with van der Waals surface area (Å²) in [5.74, 6) is 3.61. The summed E-state index contributed by atoms with van der Waals surface area (Å²) in [4.78, 5) is 23.9. The molecular weight excluding hydrogens is 410 g/mol. The van der Waals surface area contributed by atoms with Gasteiger partial charge in [0.25, 0.3) is 5.95 Å². The molecule has 5 heterocycles. The Balaban J connectivity index is 1.48. The molecule has 8 nitrogen and oxygen atoms in total. The van der Waals surface area contributed by atoms with Gasteiger partial charge in [-0.15, -0.1) is 11.3 Å². The maximum absolute atomic E-state index is 5.61. The number of likely N-dealkylation sites (tertiary alicyclic amines) is 1. The van der Waals surface area contributed by atoms with Crippen molar-refractivity contribution in [2.24, 2.45) is 0 Å². The van der Waals surface area contributed by atoms with Crippen LogP contribution in [0.2, 0.25) is 0 Å². The van der Waals surface area contributed by atoms with Gasteiger partial charge in [0.15, 0.2) is 0 Å². The molecule has 1 atom stereocenters. The van der Waals surface area contributed by atoms with Gasteiger partial charge in [-0.2, -0.15) is 4.98 Å². The molecule has 0 amide bonds. The highest BCUT2D eigenvalue weighted by molar-refractivity contribution is 7.18. The van der Waals surface area contributed by atoms with Gasteiger partial charge in [0.2, 0.25) is 5.89 Å². The number of fused-ring (bicyclic) bond motifs is 1. The van der Waals surface area contributed by atoms with Gasteiger partial charge < -0.3 is 14.3 Å². The Bertz CT molecular complexity index is 1070. The van der Waals surface area contributed by atoms with Gasteiger partial charge in [0.05, 0.1) is 17.8 Å². The molecule has 1 unspecified atom stereocenters. The smallest absolute Gasteiger partial charge is 0.265 e. The Labute approximate surface area is 187 Å². The number of hydrogen-bond donors (Lipinski definition) is 0. The van der Waals surface area contributed by atoms with E-state index in [2.05, 4.69) is 33.8 Å². The minimum absolute atomic E-state index is 0.224. The van der Waals surface area contributed by atoms with Crippen LogP contribution in [-0.4, -0.2) is 65.3 Å². The van der Waals surface area contributed by atoms with Crippen LogP contribution >= 0.6 is 11.3 Å². The van der Waals surface area contributed by atoms with E-state index in [9.17, 15) is 0 Å². The molecule has 2 fully saturated rings. The first-order chi connectivity index (χ1) is 15.0. The first kappa shape index (κ1) is 20.6. The van der Waals surface area contributed by atoms with E-state index in [-0.39, 0.29) is 5.92 Å². The Morgan fingerprint density at radius 3 is 2.61 bits per heavy atom. The van der Waals surface area contributed by atoms with Crippen molar-refractivity contribution in [3.8, 4) is 0 Å². The predicted molar refractivity (Wildman–Crippen MR) is 124 cm³/mol. The van der Waals surface area contributed by atoms with Crippen molar-refractivity contribution in [2.45, 2.75) is 52.0 Å². The average Bonchev–Trinajstić information content (AvgIpc) is 3.50. The molecule has 0 spiro atoms. The fourth-order valence-corrected chi connectivity index (χ4v) is 5.70. The summed E-state index contributed by atoms with van der Waals surface area (Å²) in [7, 11) is 3.87. The Morgan fingerprint density at radius 2 is 1.87 bits per heavy atom. The van der Waals surface area contributed by atoms with Gasteiger partial charge in [-0.1, -0.05) is 0 Å². The van der Waals surface area contributed by atoms with Crippen molar-refractivity contribution < 1.29 is 4.52 Å². The summed E-state index contributed by atoms with van der Waals surface area (Å²) >= 11 is 1.79. The molecule has 5 rings (SSSR count). The third-order valence-electron chi connectivity index (χ3n) is 6.52. The topological polar surface area (TPSA) is 74.4 Å². The van der Waals surface area contributed by atoms with Gasteiger partial charge in [-0.25, -0.2) is 9.97 Å². The maximum Gasteiger partial charge on any atom is 0.265 e. The van der Waals surface area contributed by atoms with Crippen molar-refractivity contribution in [2.75, 3.05) is 50.1 Å². The molecule has 2 aliphatic heterocycles. The SMILES string of the molecule is Cc1sc2nc(CN3CCCC3)nc(N3CCCC(c4nc(N(C)C)no4)C3)c2c1C. The van der Waals surface area contributed by atoms with Crippen LogP contribution in [0.4, 0.5) is 11.8 Å². The third-order valence-corrected chi connectivity index (χ3v) is 7.62. The van der Waals surface area contributed by atoms with Crippen molar-refractivity contribution >= 4 is 33.3 Å². The molecule has 2 aliphatic rings. The van der Waals surface area contributed by atoms with Crippen molar-refractivity contribution in [1.82, 2.24) is 25.0 Å². The van der Waals surface area contributed by atoms with E-state index in [4.69, 9.17) is 14.5 Å². The zero-order chi connectivity index (χ0) is 21.5. The molecule has 0 saturated carbocycles. The molecule has 0 radical (unpaired) electrons. The highest BCUT2D eigenvalue weighted by atomic mass is 32.1. The highest BCUT2D eigenvalue weighted by Crippen LogP contribution is 2.38. The van der Waals surface area contributed by atoms with Crippen LogP contribution in [0.25, 0.3) is 10.2 Å². The number of nitrogens with zero attached hydrogens (tertiary/aromatic N) is 7. The molecule has 2 saturated heterocycles. The van der Waals surface area contributed by atoms with Gasteiger partial charge in [-0.3, -0.25) is 4.90 Å².